The first-order valence-electron chi connectivity index (χ1n) is 20.9. The highest BCUT2D eigenvalue weighted by atomic mass is 15.1. The van der Waals surface area contributed by atoms with Crippen LogP contribution in [0.4, 0.5) is 17.1 Å². The van der Waals surface area contributed by atoms with Crippen molar-refractivity contribution in [2.45, 2.75) is 0 Å². The van der Waals surface area contributed by atoms with Crippen LogP contribution in [0.15, 0.2) is 230 Å². The van der Waals surface area contributed by atoms with Gasteiger partial charge in [0.05, 0.1) is 22.2 Å². The Hall–Kier alpha value is -7.42. The summed E-state index contributed by atoms with van der Waals surface area (Å²) in [5, 5.41) is 2.39. The zero-order valence-corrected chi connectivity index (χ0v) is 30.5. The molecule has 0 bridgehead atoms. The minimum atomic E-state index is -0.115. The lowest BCUT2D eigenvalue weighted by atomic mass is 10.00. The van der Waals surface area contributed by atoms with E-state index in [0.717, 1.165) is 50.1 Å². The van der Waals surface area contributed by atoms with Gasteiger partial charge in [0.1, 0.15) is 0 Å². The van der Waals surface area contributed by atoms with E-state index >= 15 is 0 Å². The zero-order chi connectivity index (χ0) is 40.7. The predicted molar refractivity (Wildman–Crippen MR) is 237 cm³/mol. The fourth-order valence-corrected chi connectivity index (χ4v) is 7.75. The second kappa shape index (κ2) is 14.4. The van der Waals surface area contributed by atoms with Crippen LogP contribution in [-0.2, 0) is 0 Å². The van der Waals surface area contributed by atoms with E-state index in [4.69, 9.17) is 0 Å². The third-order valence-electron chi connectivity index (χ3n) is 10.5. The molecule has 10 aromatic rings. The Morgan fingerprint density at radius 1 is 0.304 bits per heavy atom. The molecule has 0 radical (unpaired) electrons. The van der Waals surface area contributed by atoms with Crippen molar-refractivity contribution in [3.05, 3.63) is 230 Å². The van der Waals surface area contributed by atoms with Crippen LogP contribution in [0.3, 0.4) is 0 Å². The van der Waals surface area contributed by atoms with Crippen LogP contribution in [0, 0.1) is 0 Å². The van der Waals surface area contributed by atoms with Crippen LogP contribution < -0.4 is 4.90 Å². The van der Waals surface area contributed by atoms with Gasteiger partial charge in [-0.2, -0.15) is 0 Å². The molecule has 1 heterocycles. The van der Waals surface area contributed by atoms with Crippen LogP contribution in [0.25, 0.3) is 72.0 Å². The molecule has 264 valence electrons. The Morgan fingerprint density at radius 2 is 0.696 bits per heavy atom. The topological polar surface area (TPSA) is 8.17 Å². The zero-order valence-electron chi connectivity index (χ0n) is 34.5. The molecule has 0 aliphatic rings. The van der Waals surface area contributed by atoms with Crippen molar-refractivity contribution in [2.75, 3.05) is 4.90 Å². The highest BCUT2D eigenvalue weighted by Crippen LogP contribution is 2.40. The fraction of sp³-hybridized carbons (Fsp3) is 0. The van der Waals surface area contributed by atoms with Crippen molar-refractivity contribution in [3.63, 3.8) is 0 Å². The molecule has 2 nitrogen and oxygen atoms in total. The van der Waals surface area contributed by atoms with Gasteiger partial charge in [0.15, 0.2) is 0 Å². The lowest BCUT2D eigenvalue weighted by Crippen LogP contribution is -2.09. The predicted octanol–water partition coefficient (Wildman–Crippen LogP) is 14.9. The highest BCUT2D eigenvalue weighted by Gasteiger charge is 2.17. The summed E-state index contributed by atoms with van der Waals surface area (Å²) >= 11 is 0. The van der Waals surface area contributed by atoms with E-state index in [9.17, 15) is 5.48 Å². The molecule has 0 N–H and O–H groups in total. The van der Waals surface area contributed by atoms with Gasteiger partial charge in [0.2, 0.25) is 0 Å². The molecule has 0 aliphatic carbocycles. The number of rotatable bonds is 8. The normalized spacial score (nSPS) is 12.2. The molecule has 1 aromatic heterocycles. The molecule has 0 fully saturated rings. The summed E-state index contributed by atoms with van der Waals surface area (Å²) in [6.07, 6.45) is 0. The van der Waals surface area contributed by atoms with Crippen LogP contribution in [-0.4, -0.2) is 4.57 Å². The van der Waals surface area contributed by atoms with Crippen LogP contribution in [0.2, 0.25) is 0 Å². The molecule has 9 aromatic carbocycles. The van der Waals surface area contributed by atoms with Crippen molar-refractivity contribution in [1.82, 2.24) is 4.57 Å². The third-order valence-corrected chi connectivity index (χ3v) is 10.5. The molecule has 0 amide bonds. The van der Waals surface area contributed by atoms with Crippen LogP contribution in [0.1, 0.15) is 5.48 Å². The first-order chi connectivity index (χ1) is 29.5. The van der Waals surface area contributed by atoms with Gasteiger partial charge < -0.3 is 9.47 Å². The van der Waals surface area contributed by atoms with Crippen molar-refractivity contribution in [1.29, 1.82) is 0 Å². The third kappa shape index (κ3) is 6.14. The Morgan fingerprint density at radius 3 is 1.23 bits per heavy atom. The second-order valence-corrected chi connectivity index (χ2v) is 13.8. The van der Waals surface area contributed by atoms with Gasteiger partial charge in [-0.1, -0.05) is 176 Å². The van der Waals surface area contributed by atoms with Crippen molar-refractivity contribution < 1.29 is 5.48 Å². The largest absolute Gasteiger partial charge is 0.311 e. The monoisotopic (exact) mass is 718 g/mol. The summed E-state index contributed by atoms with van der Waals surface area (Å²) in [5.41, 5.74) is 12.3. The van der Waals surface area contributed by atoms with Gasteiger partial charge in [-0.05, 0) is 93.5 Å². The molecular formula is C54H38N2. The smallest absolute Gasteiger partial charge is 0.0645 e. The number of anilines is 3. The Balaban J connectivity index is 1.09. The van der Waals surface area contributed by atoms with E-state index in [1.54, 1.807) is 0 Å². The summed E-state index contributed by atoms with van der Waals surface area (Å²) in [4.78, 5) is 1.85. The van der Waals surface area contributed by atoms with Crippen LogP contribution in [0.5, 0.6) is 0 Å². The minimum Gasteiger partial charge on any atom is -0.311 e. The van der Waals surface area contributed by atoms with Gasteiger partial charge >= 0.3 is 0 Å². The van der Waals surface area contributed by atoms with Crippen LogP contribution >= 0.6 is 0 Å². The first kappa shape index (κ1) is 29.0. The first-order valence-corrected chi connectivity index (χ1v) is 18.9. The minimum absolute atomic E-state index is 0.0888. The number of para-hydroxylation sites is 3. The Labute approximate surface area is 333 Å². The molecular weight excluding hydrogens is 677 g/mol. The van der Waals surface area contributed by atoms with Crippen molar-refractivity contribution in [2.24, 2.45) is 0 Å². The van der Waals surface area contributed by atoms with E-state index in [0.29, 0.717) is 16.9 Å². The summed E-state index contributed by atoms with van der Waals surface area (Å²) in [6, 6.07) is 69.3. The van der Waals surface area contributed by atoms with Gasteiger partial charge in [0.25, 0.3) is 0 Å². The second-order valence-electron chi connectivity index (χ2n) is 13.8. The molecule has 10 rings (SSSR count). The molecule has 2 heteroatoms. The van der Waals surface area contributed by atoms with Gasteiger partial charge in [-0.15, -0.1) is 0 Å². The van der Waals surface area contributed by atoms with E-state index in [2.05, 4.69) is 126 Å². The lowest BCUT2D eigenvalue weighted by molar-refractivity contribution is 1.18. The van der Waals surface area contributed by atoms with Gasteiger partial charge in [-0.25, -0.2) is 0 Å². The summed E-state index contributed by atoms with van der Waals surface area (Å²) in [5.74, 6) is 0. The number of hydrogen-bond acceptors (Lipinski definition) is 1. The van der Waals surface area contributed by atoms with E-state index < -0.39 is 0 Å². The Bertz CT molecular complexity index is 3080. The summed E-state index contributed by atoms with van der Waals surface area (Å²) in [6.45, 7) is 0. The number of benzene rings is 9. The molecule has 0 spiro atoms. The van der Waals surface area contributed by atoms with Crippen molar-refractivity contribution in [3.8, 4) is 50.2 Å². The van der Waals surface area contributed by atoms with E-state index in [1.165, 1.54) is 10.8 Å². The van der Waals surface area contributed by atoms with Gasteiger partial charge in [-0.3, -0.25) is 0 Å². The quantitative estimate of drug-likeness (QED) is 0.152. The number of nitrogens with zero attached hydrogens (tertiary/aromatic N) is 2. The molecule has 0 saturated heterocycles. The lowest BCUT2D eigenvalue weighted by Gasteiger charge is -2.26. The molecule has 0 aliphatic heterocycles. The molecule has 0 saturated carbocycles. The average Bonchev–Trinajstić information content (AvgIpc) is 3.65. The Kier molecular flexibility index (Phi) is 7.47. The maximum atomic E-state index is 9.40. The average molecular weight is 719 g/mol. The van der Waals surface area contributed by atoms with E-state index in [1.807, 2.05) is 89.8 Å². The van der Waals surface area contributed by atoms with Crippen molar-refractivity contribution >= 4 is 38.9 Å². The van der Waals surface area contributed by atoms with E-state index in [-0.39, 0.29) is 35.4 Å². The molecule has 0 atom stereocenters. The molecule has 0 unspecified atom stereocenters. The number of aromatic nitrogens is 1. The molecule has 56 heavy (non-hydrogen) atoms. The maximum absolute atomic E-state index is 9.40. The standard InChI is InChI=1S/C54H38N2/c1-3-13-39(14-4-1)41-23-25-42(26-24-41)44-29-35-47(36-30-44)55(46-33-27-43(28-34-46)40-15-5-2-6-16-40)48-37-31-45(32-38-48)49-17-7-10-20-52(49)56-53-21-11-8-18-50(53)51-19-9-12-22-54(51)56/h1-38H/i27D,28D,33D,34D. The van der Waals surface area contributed by atoms with Gasteiger partial charge in [0, 0.05) is 33.4 Å². The SMILES string of the molecule is [2H]c1c([2H])c(N(c2ccc(-c3ccc(-c4ccccc4)cc3)cc2)c2ccc(-c3ccccc3-n3c4ccccc4c4ccccc43)cc2)c([2H])c([2H])c1-c1ccccc1. The fourth-order valence-electron chi connectivity index (χ4n) is 7.75. The summed E-state index contributed by atoms with van der Waals surface area (Å²) < 4.78 is 39.5. The summed E-state index contributed by atoms with van der Waals surface area (Å²) in [7, 11) is 0. The number of hydrogen-bond donors (Lipinski definition) is 0. The highest BCUT2D eigenvalue weighted by molar-refractivity contribution is 6.09. The number of fused-ring (bicyclic) bond motifs is 3. The maximum Gasteiger partial charge on any atom is 0.0645 e.